The smallest absolute Gasteiger partial charge is 0.304 e. The first-order chi connectivity index (χ1) is 15.7. The fourth-order valence-electron chi connectivity index (χ4n) is 4.93. The molecular weight excluding hydrogens is 439 g/mol. The predicted octanol–water partition coefficient (Wildman–Crippen LogP) is 4.33. The van der Waals surface area contributed by atoms with E-state index in [9.17, 15) is 12.8 Å². The Kier molecular flexibility index (Phi) is 5.34. The molecule has 1 aromatic heterocycles. The number of nitrogens with one attached hydrogen (secondary N) is 1. The first kappa shape index (κ1) is 22.1. The van der Waals surface area contributed by atoms with Gasteiger partial charge in [0.15, 0.2) is 0 Å². The van der Waals surface area contributed by atoms with Crippen molar-refractivity contribution in [2.45, 2.75) is 25.8 Å². The molecule has 5 rings (SSSR count). The number of H-pyrrole nitrogens is 1. The van der Waals surface area contributed by atoms with Crippen LogP contribution in [0.3, 0.4) is 0 Å². The van der Waals surface area contributed by atoms with Crippen molar-refractivity contribution in [3.8, 4) is 0 Å². The molecule has 0 spiro atoms. The molecule has 3 aromatic rings. The third kappa shape index (κ3) is 3.66. The van der Waals surface area contributed by atoms with E-state index in [0.29, 0.717) is 13.1 Å². The summed E-state index contributed by atoms with van der Waals surface area (Å²) in [4.78, 5) is 5.44. The minimum atomic E-state index is -3.61. The van der Waals surface area contributed by atoms with Crippen LogP contribution in [0.4, 0.5) is 10.1 Å². The second kappa shape index (κ2) is 7.97. The number of aromatic nitrogens is 1. The van der Waals surface area contributed by atoms with Gasteiger partial charge in [0.25, 0.3) is 0 Å². The Morgan fingerprint density at radius 1 is 1.12 bits per heavy atom. The summed E-state index contributed by atoms with van der Waals surface area (Å²) in [7, 11) is -1.95. The number of aromatic amines is 1. The zero-order valence-corrected chi connectivity index (χ0v) is 20.0. The Balaban J connectivity index is 1.33. The fourth-order valence-corrected chi connectivity index (χ4v) is 6.62. The molecule has 2 aliphatic rings. The maximum absolute atomic E-state index is 13.5. The minimum Gasteiger partial charge on any atom is -0.360 e. The standard InChI is InChI=1S/C25H29FN4O2S/c1-25(2)22-6-4-5-7-24(22)30(33(31,32)28(25)3)15-14-29-12-10-18(11-13-29)21-17-27-23-16-19(26)8-9-20(21)23/h4-10,16-17,27H,11-15H2,1-3H3. The molecule has 3 heterocycles. The number of benzene rings is 2. The first-order valence-electron chi connectivity index (χ1n) is 11.2. The van der Waals surface area contributed by atoms with Crippen LogP contribution in [0.5, 0.6) is 0 Å². The topological polar surface area (TPSA) is 59.6 Å². The van der Waals surface area contributed by atoms with Gasteiger partial charge < -0.3 is 4.98 Å². The molecule has 0 radical (unpaired) electrons. The lowest BCUT2D eigenvalue weighted by atomic mass is 9.92. The number of anilines is 1. The first-order valence-corrected chi connectivity index (χ1v) is 12.6. The van der Waals surface area contributed by atoms with Crippen molar-refractivity contribution in [2.75, 3.05) is 37.5 Å². The number of halogens is 1. The van der Waals surface area contributed by atoms with Crippen molar-refractivity contribution in [1.82, 2.24) is 14.2 Å². The molecule has 174 valence electrons. The summed E-state index contributed by atoms with van der Waals surface area (Å²) in [5, 5.41) is 1.03. The normalized spacial score (nSPS) is 20.6. The van der Waals surface area contributed by atoms with Crippen molar-refractivity contribution in [2.24, 2.45) is 0 Å². The van der Waals surface area contributed by atoms with Crippen LogP contribution in [0.1, 0.15) is 31.4 Å². The van der Waals surface area contributed by atoms with E-state index < -0.39 is 15.7 Å². The summed E-state index contributed by atoms with van der Waals surface area (Å²) in [6.45, 7) is 6.52. The van der Waals surface area contributed by atoms with E-state index in [1.807, 2.05) is 50.4 Å². The second-order valence-corrected chi connectivity index (χ2v) is 11.2. The van der Waals surface area contributed by atoms with Crippen molar-refractivity contribution < 1.29 is 12.8 Å². The number of nitrogens with zero attached hydrogens (tertiary/aromatic N) is 3. The van der Waals surface area contributed by atoms with Gasteiger partial charge in [-0.1, -0.05) is 24.3 Å². The third-order valence-electron chi connectivity index (χ3n) is 7.15. The lowest BCUT2D eigenvalue weighted by molar-refractivity contribution is 0.260. The lowest BCUT2D eigenvalue weighted by Crippen LogP contribution is -2.56. The van der Waals surface area contributed by atoms with Gasteiger partial charge in [-0.25, -0.2) is 4.39 Å². The number of rotatable bonds is 4. The van der Waals surface area contributed by atoms with Gasteiger partial charge in [0.1, 0.15) is 5.82 Å². The molecule has 0 aliphatic carbocycles. The molecule has 33 heavy (non-hydrogen) atoms. The van der Waals surface area contributed by atoms with Crippen LogP contribution < -0.4 is 4.31 Å². The largest absolute Gasteiger partial charge is 0.360 e. The molecule has 6 nitrogen and oxygen atoms in total. The SMILES string of the molecule is CN1C(C)(C)c2ccccc2N(CCN2CC=C(c3c[nH]c4cc(F)ccc34)CC2)S1(=O)=O. The van der Waals surface area contributed by atoms with Gasteiger partial charge in [-0.05, 0) is 55.7 Å². The van der Waals surface area contributed by atoms with E-state index in [0.717, 1.165) is 47.2 Å². The van der Waals surface area contributed by atoms with Crippen molar-refractivity contribution >= 4 is 32.4 Å². The van der Waals surface area contributed by atoms with E-state index in [-0.39, 0.29) is 5.82 Å². The number of hydrogen-bond donors (Lipinski definition) is 1. The van der Waals surface area contributed by atoms with Crippen LogP contribution in [0.2, 0.25) is 0 Å². The Morgan fingerprint density at radius 3 is 2.67 bits per heavy atom. The molecule has 1 N–H and O–H groups in total. The van der Waals surface area contributed by atoms with E-state index in [1.165, 1.54) is 22.0 Å². The highest BCUT2D eigenvalue weighted by atomic mass is 32.2. The van der Waals surface area contributed by atoms with Crippen molar-refractivity contribution in [1.29, 1.82) is 0 Å². The molecule has 8 heteroatoms. The Morgan fingerprint density at radius 2 is 1.91 bits per heavy atom. The van der Waals surface area contributed by atoms with E-state index in [2.05, 4.69) is 16.0 Å². The summed E-state index contributed by atoms with van der Waals surface area (Å²) >= 11 is 0. The molecule has 0 atom stereocenters. The Bertz CT molecular complexity index is 1350. The summed E-state index contributed by atoms with van der Waals surface area (Å²) in [5.41, 5.74) is 4.33. The molecule has 2 aliphatic heterocycles. The highest BCUT2D eigenvalue weighted by Gasteiger charge is 2.45. The number of para-hydroxylation sites is 1. The molecule has 0 unspecified atom stereocenters. The second-order valence-electron chi connectivity index (χ2n) is 9.30. The van der Waals surface area contributed by atoms with Gasteiger partial charge in [0.05, 0.1) is 11.2 Å². The highest BCUT2D eigenvalue weighted by Crippen LogP contribution is 2.42. The Labute approximate surface area is 194 Å². The maximum Gasteiger partial charge on any atom is 0.304 e. The van der Waals surface area contributed by atoms with Crippen LogP contribution in [0.15, 0.2) is 54.7 Å². The molecule has 0 bridgehead atoms. The fraction of sp³-hybridized carbons (Fsp3) is 0.360. The van der Waals surface area contributed by atoms with Gasteiger partial charge in [-0.15, -0.1) is 0 Å². The van der Waals surface area contributed by atoms with Crippen LogP contribution in [0.25, 0.3) is 16.5 Å². The van der Waals surface area contributed by atoms with Gasteiger partial charge in [0.2, 0.25) is 0 Å². The van der Waals surface area contributed by atoms with Gasteiger partial charge >= 0.3 is 10.2 Å². The maximum atomic E-state index is 13.5. The summed E-state index contributed by atoms with van der Waals surface area (Å²) in [5.74, 6) is -0.247. The number of fused-ring (bicyclic) bond motifs is 2. The van der Waals surface area contributed by atoms with Crippen LogP contribution >= 0.6 is 0 Å². The van der Waals surface area contributed by atoms with Gasteiger partial charge in [0, 0.05) is 55.9 Å². The quantitative estimate of drug-likeness (QED) is 0.620. The molecular formula is C25H29FN4O2S. The van der Waals surface area contributed by atoms with Crippen LogP contribution in [-0.4, -0.2) is 55.8 Å². The summed E-state index contributed by atoms with van der Waals surface area (Å²) in [6.07, 6.45) is 5.00. The van der Waals surface area contributed by atoms with Crippen molar-refractivity contribution in [3.05, 3.63) is 71.7 Å². The zero-order chi connectivity index (χ0) is 23.4. The predicted molar refractivity (Wildman–Crippen MR) is 131 cm³/mol. The average Bonchev–Trinajstić information content (AvgIpc) is 3.21. The van der Waals surface area contributed by atoms with E-state index in [4.69, 9.17) is 0 Å². The monoisotopic (exact) mass is 468 g/mol. The lowest BCUT2D eigenvalue weighted by Gasteiger charge is -2.46. The molecule has 0 saturated carbocycles. The van der Waals surface area contributed by atoms with E-state index >= 15 is 0 Å². The summed E-state index contributed by atoms with van der Waals surface area (Å²) in [6, 6.07) is 12.6. The van der Waals surface area contributed by atoms with Crippen molar-refractivity contribution in [3.63, 3.8) is 0 Å². The highest BCUT2D eigenvalue weighted by molar-refractivity contribution is 7.90. The van der Waals surface area contributed by atoms with E-state index in [1.54, 1.807) is 11.4 Å². The van der Waals surface area contributed by atoms with Gasteiger partial charge in [-0.2, -0.15) is 12.7 Å². The molecule has 0 saturated heterocycles. The summed E-state index contributed by atoms with van der Waals surface area (Å²) < 4.78 is 43.1. The van der Waals surface area contributed by atoms with Gasteiger partial charge in [-0.3, -0.25) is 9.21 Å². The molecule has 0 fully saturated rings. The molecule has 2 aromatic carbocycles. The van der Waals surface area contributed by atoms with Crippen LogP contribution in [-0.2, 0) is 15.7 Å². The zero-order valence-electron chi connectivity index (χ0n) is 19.2. The minimum absolute atomic E-state index is 0.247. The third-order valence-corrected chi connectivity index (χ3v) is 9.23. The Hall–Kier alpha value is -2.68. The van der Waals surface area contributed by atoms with Crippen LogP contribution in [0, 0.1) is 5.82 Å². The average molecular weight is 469 g/mol. The number of hydrogen-bond acceptors (Lipinski definition) is 3. The molecule has 0 amide bonds.